The van der Waals surface area contributed by atoms with Crippen LogP contribution >= 0.6 is 0 Å². The Hall–Kier alpha value is -3.42. The Morgan fingerprint density at radius 3 is 2.65 bits per heavy atom. The molecule has 3 rings (SSSR count). The SMILES string of the molecule is O=C(CNC(=O)c1ccoc1)Nc1ccc(-c2ncn[nH]2)cc1. The summed E-state index contributed by atoms with van der Waals surface area (Å²) in [6, 6.07) is 8.62. The van der Waals surface area contributed by atoms with Crippen LogP contribution in [0.4, 0.5) is 5.69 Å². The van der Waals surface area contributed by atoms with Gasteiger partial charge in [0.05, 0.1) is 18.4 Å². The van der Waals surface area contributed by atoms with Crippen molar-refractivity contribution in [2.45, 2.75) is 0 Å². The molecule has 0 atom stereocenters. The summed E-state index contributed by atoms with van der Waals surface area (Å²) in [6.07, 6.45) is 4.13. The molecule has 0 bridgehead atoms. The van der Waals surface area contributed by atoms with Crippen molar-refractivity contribution in [2.24, 2.45) is 0 Å². The molecule has 0 saturated carbocycles. The second-order valence-corrected chi connectivity index (χ2v) is 4.65. The summed E-state index contributed by atoms with van der Waals surface area (Å²) in [4.78, 5) is 27.5. The van der Waals surface area contributed by atoms with Crippen LogP contribution in [-0.4, -0.2) is 33.5 Å². The fourth-order valence-corrected chi connectivity index (χ4v) is 1.92. The van der Waals surface area contributed by atoms with Crippen molar-refractivity contribution in [1.82, 2.24) is 20.5 Å². The number of rotatable bonds is 5. The third-order valence-electron chi connectivity index (χ3n) is 3.05. The molecule has 0 aliphatic carbocycles. The van der Waals surface area contributed by atoms with E-state index in [4.69, 9.17) is 4.42 Å². The summed E-state index contributed by atoms with van der Waals surface area (Å²) in [5.41, 5.74) is 1.85. The molecule has 0 aliphatic rings. The van der Waals surface area contributed by atoms with Gasteiger partial charge in [0.1, 0.15) is 12.6 Å². The fraction of sp³-hybridized carbons (Fsp3) is 0.0667. The average molecular weight is 311 g/mol. The second-order valence-electron chi connectivity index (χ2n) is 4.65. The molecule has 2 aromatic heterocycles. The van der Waals surface area contributed by atoms with Crippen molar-refractivity contribution in [2.75, 3.05) is 11.9 Å². The third-order valence-corrected chi connectivity index (χ3v) is 3.05. The number of anilines is 1. The molecule has 0 radical (unpaired) electrons. The van der Waals surface area contributed by atoms with Gasteiger partial charge in [0.25, 0.3) is 5.91 Å². The van der Waals surface area contributed by atoms with Gasteiger partial charge in [0.2, 0.25) is 5.91 Å². The number of amides is 2. The van der Waals surface area contributed by atoms with Gasteiger partial charge in [0.15, 0.2) is 5.82 Å². The van der Waals surface area contributed by atoms with Crippen molar-refractivity contribution in [1.29, 1.82) is 0 Å². The molecule has 1 aromatic carbocycles. The highest BCUT2D eigenvalue weighted by atomic mass is 16.3. The van der Waals surface area contributed by atoms with Crippen LogP contribution in [0.15, 0.2) is 53.6 Å². The number of hydrogen-bond donors (Lipinski definition) is 3. The maximum Gasteiger partial charge on any atom is 0.254 e. The Bertz CT molecular complexity index is 779. The van der Waals surface area contributed by atoms with Gasteiger partial charge in [-0.05, 0) is 30.3 Å². The maximum absolute atomic E-state index is 11.8. The molecule has 116 valence electrons. The zero-order chi connectivity index (χ0) is 16.1. The van der Waals surface area contributed by atoms with Crippen molar-refractivity contribution >= 4 is 17.5 Å². The number of hydrogen-bond acceptors (Lipinski definition) is 5. The molecule has 3 N–H and O–H groups in total. The first kappa shape index (κ1) is 14.5. The number of carbonyl (C=O) groups excluding carboxylic acids is 2. The van der Waals surface area contributed by atoms with Gasteiger partial charge in [-0.15, -0.1) is 0 Å². The predicted octanol–water partition coefficient (Wildman–Crippen LogP) is 1.43. The van der Waals surface area contributed by atoms with Crippen LogP contribution in [0.2, 0.25) is 0 Å². The molecule has 8 nitrogen and oxygen atoms in total. The molecule has 3 aromatic rings. The van der Waals surface area contributed by atoms with E-state index >= 15 is 0 Å². The summed E-state index contributed by atoms with van der Waals surface area (Å²) in [6.45, 7) is -0.131. The van der Waals surface area contributed by atoms with Crippen LogP contribution < -0.4 is 10.6 Å². The number of benzene rings is 1. The number of nitrogens with zero attached hydrogens (tertiary/aromatic N) is 2. The lowest BCUT2D eigenvalue weighted by atomic mass is 10.2. The molecular formula is C15H13N5O3. The van der Waals surface area contributed by atoms with Crippen LogP contribution in [0.1, 0.15) is 10.4 Å². The maximum atomic E-state index is 11.8. The molecule has 0 unspecified atom stereocenters. The Labute approximate surface area is 130 Å². The number of aromatic nitrogens is 3. The molecule has 2 heterocycles. The second kappa shape index (κ2) is 6.56. The summed E-state index contributed by atoms with van der Waals surface area (Å²) in [5.74, 6) is -0.0425. The van der Waals surface area contributed by atoms with Gasteiger partial charge in [-0.1, -0.05) is 0 Å². The quantitative estimate of drug-likeness (QED) is 0.660. The van der Waals surface area contributed by atoms with E-state index in [1.54, 1.807) is 24.3 Å². The van der Waals surface area contributed by atoms with Gasteiger partial charge >= 0.3 is 0 Å². The first-order valence-electron chi connectivity index (χ1n) is 6.78. The molecule has 2 amide bonds. The van der Waals surface area contributed by atoms with E-state index in [9.17, 15) is 9.59 Å². The summed E-state index contributed by atoms with van der Waals surface area (Å²) < 4.78 is 4.81. The highest BCUT2D eigenvalue weighted by Crippen LogP contribution is 2.16. The van der Waals surface area contributed by atoms with Crippen LogP contribution in [0.25, 0.3) is 11.4 Å². The minimum atomic E-state index is -0.366. The van der Waals surface area contributed by atoms with Gasteiger partial charge in [0, 0.05) is 11.3 Å². The van der Waals surface area contributed by atoms with E-state index in [1.165, 1.54) is 24.9 Å². The summed E-state index contributed by atoms with van der Waals surface area (Å²) >= 11 is 0. The van der Waals surface area contributed by atoms with E-state index in [0.29, 0.717) is 17.1 Å². The van der Waals surface area contributed by atoms with Crippen LogP contribution in [0, 0.1) is 0 Å². The molecule has 0 saturated heterocycles. The highest BCUT2D eigenvalue weighted by Gasteiger charge is 2.09. The number of aromatic amines is 1. The zero-order valence-electron chi connectivity index (χ0n) is 11.9. The van der Waals surface area contributed by atoms with E-state index in [2.05, 4.69) is 25.8 Å². The normalized spacial score (nSPS) is 10.3. The van der Waals surface area contributed by atoms with Crippen LogP contribution in [0.5, 0.6) is 0 Å². The molecule has 0 spiro atoms. The highest BCUT2D eigenvalue weighted by molar-refractivity contribution is 5.99. The van der Waals surface area contributed by atoms with Crippen molar-refractivity contribution in [3.63, 3.8) is 0 Å². The Morgan fingerprint density at radius 2 is 2.00 bits per heavy atom. The topological polar surface area (TPSA) is 113 Å². The molecular weight excluding hydrogens is 298 g/mol. The Balaban J connectivity index is 1.53. The van der Waals surface area contributed by atoms with Crippen LogP contribution in [-0.2, 0) is 4.79 Å². The standard InChI is InChI=1S/C15H13N5O3/c21-13(7-16-15(22)11-5-6-23-8-11)19-12-3-1-10(2-4-12)14-17-9-18-20-14/h1-6,8-9H,7H2,(H,16,22)(H,19,21)(H,17,18,20). The lowest BCUT2D eigenvalue weighted by molar-refractivity contribution is -0.115. The third kappa shape index (κ3) is 3.62. The number of carbonyl (C=O) groups is 2. The lowest BCUT2D eigenvalue weighted by Crippen LogP contribution is -2.32. The first-order chi connectivity index (χ1) is 11.2. The zero-order valence-corrected chi connectivity index (χ0v) is 11.9. The van der Waals surface area contributed by atoms with E-state index in [0.717, 1.165) is 5.56 Å². The Kier molecular flexibility index (Phi) is 4.14. The molecule has 0 fully saturated rings. The van der Waals surface area contributed by atoms with E-state index < -0.39 is 0 Å². The number of furan rings is 1. The average Bonchev–Trinajstić information content (AvgIpc) is 3.26. The van der Waals surface area contributed by atoms with E-state index in [-0.39, 0.29) is 18.4 Å². The number of H-pyrrole nitrogens is 1. The number of nitrogens with one attached hydrogen (secondary N) is 3. The van der Waals surface area contributed by atoms with Gasteiger partial charge < -0.3 is 15.1 Å². The fourth-order valence-electron chi connectivity index (χ4n) is 1.92. The summed E-state index contributed by atoms with van der Waals surface area (Å²) in [7, 11) is 0. The van der Waals surface area contributed by atoms with E-state index in [1.807, 2.05) is 0 Å². The van der Waals surface area contributed by atoms with Gasteiger partial charge in [-0.3, -0.25) is 14.7 Å². The minimum absolute atomic E-state index is 0.131. The van der Waals surface area contributed by atoms with Crippen LogP contribution in [0.3, 0.4) is 0 Å². The van der Waals surface area contributed by atoms with Crippen molar-refractivity contribution in [3.05, 3.63) is 54.7 Å². The predicted molar refractivity (Wildman–Crippen MR) is 81.5 cm³/mol. The van der Waals surface area contributed by atoms with Gasteiger partial charge in [-0.25, -0.2) is 4.98 Å². The lowest BCUT2D eigenvalue weighted by Gasteiger charge is -2.06. The minimum Gasteiger partial charge on any atom is -0.472 e. The monoisotopic (exact) mass is 311 g/mol. The molecule has 23 heavy (non-hydrogen) atoms. The Morgan fingerprint density at radius 1 is 1.17 bits per heavy atom. The van der Waals surface area contributed by atoms with Crippen molar-refractivity contribution < 1.29 is 14.0 Å². The first-order valence-corrected chi connectivity index (χ1v) is 6.78. The molecule has 8 heteroatoms. The smallest absolute Gasteiger partial charge is 0.254 e. The summed E-state index contributed by atoms with van der Waals surface area (Å²) in [5, 5.41) is 11.7. The van der Waals surface area contributed by atoms with Crippen molar-refractivity contribution in [3.8, 4) is 11.4 Å². The molecule has 0 aliphatic heterocycles. The largest absolute Gasteiger partial charge is 0.472 e. The van der Waals surface area contributed by atoms with Gasteiger partial charge in [-0.2, -0.15) is 5.10 Å².